The van der Waals surface area contributed by atoms with E-state index >= 15 is 0 Å². The molecule has 1 unspecified atom stereocenters. The van der Waals surface area contributed by atoms with Crippen LogP contribution in [-0.2, 0) is 9.53 Å². The molecule has 3 N–H and O–H groups in total. The average Bonchev–Trinajstić information content (AvgIpc) is 2.47. The lowest BCUT2D eigenvalue weighted by atomic mass is 9.92. The van der Waals surface area contributed by atoms with E-state index in [2.05, 4.69) is 5.32 Å². The van der Waals surface area contributed by atoms with Crippen molar-refractivity contribution in [3.63, 3.8) is 0 Å². The number of rotatable bonds is 4. The first-order valence-electron chi connectivity index (χ1n) is 6.46. The van der Waals surface area contributed by atoms with Gasteiger partial charge in [0.2, 0.25) is 5.91 Å². The number of nitrogens with two attached hydrogens (primary N) is 1. The van der Waals surface area contributed by atoms with E-state index in [-0.39, 0.29) is 17.5 Å². The van der Waals surface area contributed by atoms with Gasteiger partial charge in [-0.05, 0) is 24.8 Å². The first-order valence-corrected chi connectivity index (χ1v) is 6.46. The number of nitrogens with zero attached hydrogens (tertiary/aromatic N) is 1. The van der Waals surface area contributed by atoms with Crippen molar-refractivity contribution in [1.29, 1.82) is 0 Å². The second-order valence-corrected chi connectivity index (χ2v) is 4.77. The number of nitrogens with one attached hydrogen (secondary N) is 1. The molecule has 1 aromatic carbocycles. The summed E-state index contributed by atoms with van der Waals surface area (Å²) in [6.07, 6.45) is 1.51. The molecule has 0 aliphatic carbocycles. The van der Waals surface area contributed by atoms with E-state index in [0.29, 0.717) is 18.9 Å². The molecule has 7 heteroatoms. The van der Waals surface area contributed by atoms with E-state index in [1.165, 1.54) is 18.2 Å². The Bertz CT molecular complexity index is 500. The maximum absolute atomic E-state index is 12.0. The van der Waals surface area contributed by atoms with Crippen LogP contribution >= 0.6 is 0 Å². The van der Waals surface area contributed by atoms with Gasteiger partial charge in [0.1, 0.15) is 0 Å². The van der Waals surface area contributed by atoms with Crippen LogP contribution in [0.3, 0.4) is 0 Å². The van der Waals surface area contributed by atoms with Gasteiger partial charge < -0.3 is 15.8 Å². The topological polar surface area (TPSA) is 107 Å². The van der Waals surface area contributed by atoms with Crippen LogP contribution in [0.4, 0.5) is 11.4 Å². The van der Waals surface area contributed by atoms with Crippen LogP contribution in [0.15, 0.2) is 24.3 Å². The van der Waals surface area contributed by atoms with Gasteiger partial charge in [0.25, 0.3) is 5.69 Å². The monoisotopic (exact) mass is 279 g/mol. The summed E-state index contributed by atoms with van der Waals surface area (Å²) in [4.78, 5) is 22.2. The van der Waals surface area contributed by atoms with Crippen LogP contribution in [0.25, 0.3) is 0 Å². The Labute approximate surface area is 116 Å². The number of carbonyl (C=O) groups is 1. The maximum atomic E-state index is 12.0. The molecule has 1 aromatic rings. The van der Waals surface area contributed by atoms with E-state index < -0.39 is 11.0 Å². The molecule has 1 saturated heterocycles. The van der Waals surface area contributed by atoms with Gasteiger partial charge in [0.15, 0.2) is 0 Å². The number of nitro benzene ring substituents is 1. The summed E-state index contributed by atoms with van der Waals surface area (Å²) in [6, 6.07) is 5.18. The fraction of sp³-hybridized carbons (Fsp3) is 0.462. The molecule has 1 atom stereocenters. The largest absolute Gasteiger partial charge is 0.381 e. The second kappa shape index (κ2) is 6.44. The van der Waals surface area contributed by atoms with Crippen molar-refractivity contribution in [2.45, 2.75) is 18.9 Å². The predicted octanol–water partition coefficient (Wildman–Crippen LogP) is 1.29. The van der Waals surface area contributed by atoms with Crippen molar-refractivity contribution in [2.75, 3.05) is 18.5 Å². The number of nitro groups is 1. The fourth-order valence-corrected chi connectivity index (χ4v) is 2.21. The van der Waals surface area contributed by atoms with Crippen molar-refractivity contribution >= 4 is 17.3 Å². The van der Waals surface area contributed by atoms with Crippen LogP contribution in [0.5, 0.6) is 0 Å². The molecule has 0 bridgehead atoms. The molecule has 20 heavy (non-hydrogen) atoms. The van der Waals surface area contributed by atoms with Gasteiger partial charge in [-0.2, -0.15) is 0 Å². The molecule has 1 fully saturated rings. The minimum Gasteiger partial charge on any atom is -0.381 e. The van der Waals surface area contributed by atoms with Gasteiger partial charge in [0, 0.05) is 31.0 Å². The van der Waals surface area contributed by atoms with Gasteiger partial charge in [0.05, 0.1) is 11.0 Å². The summed E-state index contributed by atoms with van der Waals surface area (Å²) < 4.78 is 5.23. The molecule has 2 rings (SSSR count). The first kappa shape index (κ1) is 14.4. The summed E-state index contributed by atoms with van der Waals surface area (Å²) in [5, 5.41) is 13.3. The minimum atomic E-state index is -0.627. The van der Waals surface area contributed by atoms with Crippen molar-refractivity contribution in [3.05, 3.63) is 34.4 Å². The zero-order valence-corrected chi connectivity index (χ0v) is 11.0. The molecule has 0 radical (unpaired) electrons. The summed E-state index contributed by atoms with van der Waals surface area (Å²) in [7, 11) is 0. The Morgan fingerprint density at radius 3 is 2.80 bits per heavy atom. The third-order valence-electron chi connectivity index (χ3n) is 3.40. The Balaban J connectivity index is 1.99. The van der Waals surface area contributed by atoms with Gasteiger partial charge in [-0.15, -0.1) is 0 Å². The van der Waals surface area contributed by atoms with E-state index in [1.54, 1.807) is 6.07 Å². The van der Waals surface area contributed by atoms with Crippen LogP contribution in [0.2, 0.25) is 0 Å². The third-order valence-corrected chi connectivity index (χ3v) is 3.40. The molecule has 7 nitrogen and oxygen atoms in total. The van der Waals surface area contributed by atoms with E-state index in [0.717, 1.165) is 12.8 Å². The second-order valence-electron chi connectivity index (χ2n) is 4.77. The number of amides is 1. The fourth-order valence-electron chi connectivity index (χ4n) is 2.21. The number of anilines is 1. The van der Waals surface area contributed by atoms with Gasteiger partial charge in [-0.1, -0.05) is 6.07 Å². The highest BCUT2D eigenvalue weighted by Crippen LogP contribution is 2.20. The standard InChI is InChI=1S/C13H17N3O4/c14-12(9-4-6-20-7-5-9)13(17)15-10-2-1-3-11(8-10)16(18)19/h1-3,8-9,12H,4-7,14H2,(H,15,17). The van der Waals surface area contributed by atoms with Crippen molar-refractivity contribution in [2.24, 2.45) is 11.7 Å². The average molecular weight is 279 g/mol. The lowest BCUT2D eigenvalue weighted by Gasteiger charge is -2.26. The van der Waals surface area contributed by atoms with Crippen LogP contribution in [0.1, 0.15) is 12.8 Å². The first-order chi connectivity index (χ1) is 9.58. The summed E-state index contributed by atoms with van der Waals surface area (Å²) in [5.74, 6) is -0.236. The summed E-state index contributed by atoms with van der Waals surface area (Å²) >= 11 is 0. The van der Waals surface area contributed by atoms with Crippen LogP contribution < -0.4 is 11.1 Å². The highest BCUT2D eigenvalue weighted by molar-refractivity contribution is 5.95. The van der Waals surface area contributed by atoms with Crippen LogP contribution in [0, 0.1) is 16.0 Å². The van der Waals surface area contributed by atoms with Crippen LogP contribution in [-0.4, -0.2) is 30.1 Å². The van der Waals surface area contributed by atoms with Gasteiger partial charge >= 0.3 is 0 Å². The molecule has 0 aromatic heterocycles. The van der Waals surface area contributed by atoms with Gasteiger partial charge in [-0.3, -0.25) is 14.9 Å². The highest BCUT2D eigenvalue weighted by Gasteiger charge is 2.26. The molecule has 1 aliphatic heterocycles. The SMILES string of the molecule is NC(C(=O)Nc1cccc([N+](=O)[O-])c1)C1CCOCC1. The lowest BCUT2D eigenvalue weighted by Crippen LogP contribution is -2.44. The molecule has 0 saturated carbocycles. The Hall–Kier alpha value is -1.99. The van der Waals surface area contributed by atoms with Gasteiger partial charge in [-0.25, -0.2) is 0 Å². The Morgan fingerprint density at radius 1 is 1.45 bits per heavy atom. The third kappa shape index (κ3) is 3.52. The number of non-ortho nitro benzene ring substituents is 1. The number of benzene rings is 1. The predicted molar refractivity (Wildman–Crippen MR) is 73.2 cm³/mol. The Kier molecular flexibility index (Phi) is 4.65. The smallest absolute Gasteiger partial charge is 0.271 e. The molecule has 1 heterocycles. The Morgan fingerprint density at radius 2 is 2.15 bits per heavy atom. The van der Waals surface area contributed by atoms with E-state index in [9.17, 15) is 14.9 Å². The van der Waals surface area contributed by atoms with Crippen molar-refractivity contribution in [3.8, 4) is 0 Å². The van der Waals surface area contributed by atoms with Crippen molar-refractivity contribution in [1.82, 2.24) is 0 Å². The zero-order chi connectivity index (χ0) is 14.5. The van der Waals surface area contributed by atoms with Crippen molar-refractivity contribution < 1.29 is 14.5 Å². The molecule has 108 valence electrons. The maximum Gasteiger partial charge on any atom is 0.271 e. The molecule has 1 amide bonds. The van der Waals surface area contributed by atoms with E-state index in [4.69, 9.17) is 10.5 Å². The summed E-state index contributed by atoms with van der Waals surface area (Å²) in [5.41, 5.74) is 6.25. The highest BCUT2D eigenvalue weighted by atomic mass is 16.6. The number of ether oxygens (including phenoxy) is 1. The lowest BCUT2D eigenvalue weighted by molar-refractivity contribution is -0.384. The number of carbonyl (C=O) groups excluding carboxylic acids is 1. The minimum absolute atomic E-state index is 0.0672. The molecule has 1 aliphatic rings. The molecule has 0 spiro atoms. The molecular formula is C13H17N3O4. The quantitative estimate of drug-likeness (QED) is 0.637. The normalized spacial score (nSPS) is 17.4. The summed E-state index contributed by atoms with van der Waals surface area (Å²) in [6.45, 7) is 1.23. The number of hydrogen-bond donors (Lipinski definition) is 2. The van der Waals surface area contributed by atoms with E-state index in [1.807, 2.05) is 0 Å². The zero-order valence-electron chi connectivity index (χ0n) is 11.0. The molecular weight excluding hydrogens is 262 g/mol. The number of hydrogen-bond acceptors (Lipinski definition) is 5.